The normalized spacial score (nSPS) is 11.3. The van der Waals surface area contributed by atoms with Crippen molar-refractivity contribution < 1.29 is 14.4 Å². The van der Waals surface area contributed by atoms with Gasteiger partial charge in [0.05, 0.1) is 0 Å². The van der Waals surface area contributed by atoms with Crippen molar-refractivity contribution in [3.63, 3.8) is 0 Å². The molecular weight excluding hydrogens is 256 g/mol. The van der Waals surface area contributed by atoms with E-state index in [1.807, 2.05) is 26.0 Å². The molecule has 18 heavy (non-hydrogen) atoms. The maximum atomic E-state index is 8.43. The molecule has 6 heteroatoms. The van der Waals surface area contributed by atoms with E-state index in [0.29, 0.717) is 11.3 Å². The van der Waals surface area contributed by atoms with Crippen LogP contribution in [0.1, 0.15) is 11.3 Å². The summed E-state index contributed by atoms with van der Waals surface area (Å²) in [5, 5.41) is 12.3. The number of furan rings is 1. The first-order valence-corrected chi connectivity index (χ1v) is 5.21. The van der Waals surface area contributed by atoms with Gasteiger partial charge >= 0.3 is 0 Å². The van der Waals surface area contributed by atoms with Gasteiger partial charge in [-0.05, 0) is 25.5 Å². The van der Waals surface area contributed by atoms with Gasteiger partial charge in [0.2, 0.25) is 0 Å². The van der Waals surface area contributed by atoms with Gasteiger partial charge in [0.25, 0.3) is 0 Å². The zero-order valence-electron chi connectivity index (χ0n) is 10.1. The Kier molecular flexibility index (Phi) is 4.44. The fraction of sp³-hybridized carbons (Fsp3) is 0.250. The van der Waals surface area contributed by atoms with Crippen LogP contribution < -0.4 is 10.5 Å². The summed E-state index contributed by atoms with van der Waals surface area (Å²) < 4.78 is 11.1. The van der Waals surface area contributed by atoms with Gasteiger partial charge in [-0.3, -0.25) is 0 Å². The Morgan fingerprint density at radius 1 is 1.44 bits per heavy atom. The zero-order valence-corrected chi connectivity index (χ0v) is 11.0. The van der Waals surface area contributed by atoms with Crippen molar-refractivity contribution in [1.29, 1.82) is 0 Å². The quantitative estimate of drug-likeness (QED) is 0.389. The lowest BCUT2D eigenvalue weighted by Crippen LogP contribution is -2.20. The number of aryl methyl sites for hydroxylation is 2. The number of ether oxygens (including phenoxy) is 1. The Balaban J connectivity index is 0.00000162. The Morgan fingerprint density at radius 3 is 2.83 bits per heavy atom. The highest BCUT2D eigenvalue weighted by atomic mass is 35.5. The van der Waals surface area contributed by atoms with Crippen LogP contribution in [0.3, 0.4) is 0 Å². The van der Waals surface area contributed by atoms with Crippen LogP contribution in [0.5, 0.6) is 5.75 Å². The zero-order chi connectivity index (χ0) is 12.4. The predicted octanol–water partition coefficient (Wildman–Crippen LogP) is 2.60. The minimum absolute atomic E-state index is 0. The highest BCUT2D eigenvalue weighted by molar-refractivity contribution is 5.87. The van der Waals surface area contributed by atoms with Gasteiger partial charge in [-0.1, -0.05) is 17.3 Å². The van der Waals surface area contributed by atoms with Crippen LogP contribution in [0.2, 0.25) is 0 Å². The molecule has 3 N–H and O–H groups in total. The lowest BCUT2D eigenvalue weighted by Gasteiger charge is -2.04. The fourth-order valence-electron chi connectivity index (χ4n) is 1.63. The summed E-state index contributed by atoms with van der Waals surface area (Å²) >= 11 is 0. The van der Waals surface area contributed by atoms with E-state index in [9.17, 15) is 0 Å². The van der Waals surface area contributed by atoms with Gasteiger partial charge < -0.3 is 20.1 Å². The number of hydrogen-bond acceptors (Lipinski definition) is 4. The van der Waals surface area contributed by atoms with Gasteiger partial charge in [0.15, 0.2) is 17.2 Å². The molecule has 1 aromatic heterocycles. The summed E-state index contributed by atoms with van der Waals surface area (Å²) in [5.41, 5.74) is 7.12. The van der Waals surface area contributed by atoms with Crippen LogP contribution in [0.25, 0.3) is 11.0 Å². The molecule has 0 amide bonds. The monoisotopic (exact) mass is 270 g/mol. The first-order valence-electron chi connectivity index (χ1n) is 5.21. The molecule has 0 atom stereocenters. The van der Waals surface area contributed by atoms with Crippen LogP contribution in [-0.4, -0.2) is 17.6 Å². The summed E-state index contributed by atoms with van der Waals surface area (Å²) in [6, 6.07) is 5.64. The summed E-state index contributed by atoms with van der Waals surface area (Å²) in [4.78, 5) is 0. The van der Waals surface area contributed by atoms with Crippen molar-refractivity contribution in [2.45, 2.75) is 13.8 Å². The Labute approximate surface area is 111 Å². The molecule has 0 saturated heterocycles. The van der Waals surface area contributed by atoms with E-state index in [1.165, 1.54) is 0 Å². The third-order valence-corrected chi connectivity index (χ3v) is 2.67. The molecule has 98 valence electrons. The number of amidine groups is 1. The molecule has 0 bridgehead atoms. The molecule has 0 aliphatic carbocycles. The molecule has 2 aromatic rings. The van der Waals surface area contributed by atoms with Crippen molar-refractivity contribution in [1.82, 2.24) is 0 Å². The number of hydrogen-bond donors (Lipinski definition) is 2. The molecular formula is C12H15ClN2O3. The molecule has 0 aliphatic rings. The molecule has 5 nitrogen and oxygen atoms in total. The molecule has 0 saturated carbocycles. The van der Waals surface area contributed by atoms with Crippen molar-refractivity contribution in [3.8, 4) is 5.75 Å². The second-order valence-electron chi connectivity index (χ2n) is 3.80. The molecule has 0 radical (unpaired) electrons. The van der Waals surface area contributed by atoms with Gasteiger partial charge in [-0.2, -0.15) is 0 Å². The van der Waals surface area contributed by atoms with E-state index in [-0.39, 0.29) is 24.8 Å². The van der Waals surface area contributed by atoms with E-state index < -0.39 is 0 Å². The minimum Gasteiger partial charge on any atom is -0.482 e. The molecule has 1 heterocycles. The Bertz CT molecular complexity index is 578. The summed E-state index contributed by atoms with van der Waals surface area (Å²) in [6.07, 6.45) is 0. The van der Waals surface area contributed by atoms with E-state index in [1.54, 1.807) is 6.07 Å². The largest absolute Gasteiger partial charge is 0.482 e. The predicted molar refractivity (Wildman–Crippen MR) is 71.8 cm³/mol. The third kappa shape index (κ3) is 2.51. The van der Waals surface area contributed by atoms with Crippen LogP contribution in [0, 0.1) is 13.8 Å². The average Bonchev–Trinajstić information content (AvgIpc) is 2.63. The number of nitrogens with two attached hydrogens (primary N) is 1. The van der Waals surface area contributed by atoms with Crippen LogP contribution in [0.15, 0.2) is 27.8 Å². The second-order valence-corrected chi connectivity index (χ2v) is 3.80. The van der Waals surface area contributed by atoms with E-state index in [4.69, 9.17) is 20.1 Å². The van der Waals surface area contributed by atoms with Gasteiger partial charge in [-0.15, -0.1) is 12.4 Å². The smallest absolute Gasteiger partial charge is 0.177 e. The molecule has 1 aromatic carbocycles. The molecule has 0 fully saturated rings. The molecule has 0 unspecified atom stereocenters. The van der Waals surface area contributed by atoms with Crippen molar-refractivity contribution >= 4 is 29.2 Å². The Morgan fingerprint density at radius 2 is 2.17 bits per heavy atom. The molecule has 0 aliphatic heterocycles. The van der Waals surface area contributed by atoms with Crippen LogP contribution in [0.4, 0.5) is 0 Å². The summed E-state index contributed by atoms with van der Waals surface area (Å²) in [7, 11) is 0. The Hall–Kier alpha value is -1.88. The standard InChI is InChI=1S/C12H14N2O3.ClH/c1-7-8(2)17-12-9(7)4-3-5-10(12)16-6-11(13)14-15;/h3-5,15H,6H2,1-2H3,(H2,13,14);1H. The number of nitrogens with zero attached hydrogens (tertiary/aromatic N) is 1. The van der Waals surface area contributed by atoms with E-state index in [2.05, 4.69) is 5.16 Å². The lowest BCUT2D eigenvalue weighted by atomic mass is 10.1. The fourth-order valence-corrected chi connectivity index (χ4v) is 1.63. The summed E-state index contributed by atoms with van der Waals surface area (Å²) in [6.45, 7) is 3.92. The lowest BCUT2D eigenvalue weighted by molar-refractivity contribution is 0.306. The van der Waals surface area contributed by atoms with Crippen LogP contribution >= 0.6 is 12.4 Å². The highest BCUT2D eigenvalue weighted by Gasteiger charge is 2.11. The van der Waals surface area contributed by atoms with Crippen molar-refractivity contribution in [2.24, 2.45) is 10.9 Å². The number of rotatable bonds is 3. The van der Waals surface area contributed by atoms with Gasteiger partial charge in [0.1, 0.15) is 12.4 Å². The van der Waals surface area contributed by atoms with Crippen molar-refractivity contribution in [3.05, 3.63) is 29.5 Å². The number of oxime groups is 1. The molecule has 0 spiro atoms. The van der Waals surface area contributed by atoms with Crippen LogP contribution in [-0.2, 0) is 0 Å². The number of halogens is 1. The first-order chi connectivity index (χ1) is 8.13. The van der Waals surface area contributed by atoms with Gasteiger partial charge in [-0.25, -0.2) is 0 Å². The SMILES string of the molecule is Cc1oc2c(OCC(N)=NO)cccc2c1C.Cl. The average molecular weight is 271 g/mol. The highest BCUT2D eigenvalue weighted by Crippen LogP contribution is 2.31. The van der Waals surface area contributed by atoms with E-state index in [0.717, 1.165) is 16.7 Å². The number of para-hydroxylation sites is 1. The first kappa shape index (κ1) is 14.2. The number of fused-ring (bicyclic) bond motifs is 1. The second kappa shape index (κ2) is 5.64. The van der Waals surface area contributed by atoms with E-state index >= 15 is 0 Å². The maximum absolute atomic E-state index is 8.43. The summed E-state index contributed by atoms with van der Waals surface area (Å²) in [5.74, 6) is 1.46. The number of benzene rings is 1. The van der Waals surface area contributed by atoms with Crippen molar-refractivity contribution in [2.75, 3.05) is 6.61 Å². The third-order valence-electron chi connectivity index (χ3n) is 2.67. The molecule has 2 rings (SSSR count). The maximum Gasteiger partial charge on any atom is 0.177 e. The van der Waals surface area contributed by atoms with Gasteiger partial charge in [0, 0.05) is 5.39 Å². The topological polar surface area (TPSA) is 81.0 Å². The minimum atomic E-state index is 0.